The Morgan fingerprint density at radius 2 is 2.21 bits per heavy atom. The highest BCUT2D eigenvalue weighted by Gasteiger charge is 1.96. The average Bonchev–Trinajstić information content (AvgIpc) is 2.22. The van der Waals surface area contributed by atoms with Gasteiger partial charge in [-0.15, -0.1) is 0 Å². The van der Waals surface area contributed by atoms with Crippen LogP contribution in [0.3, 0.4) is 0 Å². The Bertz CT molecular complexity index is 418. The molecule has 0 bridgehead atoms. The molecule has 0 aliphatic carbocycles. The van der Waals surface area contributed by atoms with Crippen LogP contribution in [-0.2, 0) is 0 Å². The van der Waals surface area contributed by atoms with Crippen LogP contribution in [0.2, 0.25) is 0 Å². The SMILES string of the molecule is Cc1cccnc1NC=C(C#N)C#N. The molecule has 1 aromatic rings. The van der Waals surface area contributed by atoms with Gasteiger partial charge in [0, 0.05) is 12.4 Å². The lowest BCUT2D eigenvalue weighted by Gasteiger charge is -2.01. The second-order valence-electron chi connectivity index (χ2n) is 2.59. The summed E-state index contributed by atoms with van der Waals surface area (Å²) in [5, 5.41) is 19.7. The maximum absolute atomic E-state index is 8.47. The number of aryl methyl sites for hydroxylation is 1. The Morgan fingerprint density at radius 1 is 1.50 bits per heavy atom. The third-order valence-electron chi connectivity index (χ3n) is 1.60. The number of nitrogens with zero attached hydrogens (tertiary/aromatic N) is 3. The highest BCUT2D eigenvalue weighted by atomic mass is 15.0. The highest BCUT2D eigenvalue weighted by molar-refractivity contribution is 5.48. The van der Waals surface area contributed by atoms with Crippen LogP contribution in [0.25, 0.3) is 0 Å². The Balaban J connectivity index is 2.83. The molecule has 1 N–H and O–H groups in total. The van der Waals surface area contributed by atoms with Gasteiger partial charge in [0.2, 0.25) is 0 Å². The zero-order valence-electron chi connectivity index (χ0n) is 7.65. The number of anilines is 1. The molecule has 0 aliphatic rings. The van der Waals surface area contributed by atoms with Gasteiger partial charge in [0.25, 0.3) is 0 Å². The minimum absolute atomic E-state index is 0.0232. The first-order valence-electron chi connectivity index (χ1n) is 3.96. The summed E-state index contributed by atoms with van der Waals surface area (Å²) < 4.78 is 0. The first-order valence-corrected chi connectivity index (χ1v) is 3.96. The van der Waals surface area contributed by atoms with Crippen molar-refractivity contribution >= 4 is 5.82 Å². The van der Waals surface area contributed by atoms with Crippen LogP contribution in [-0.4, -0.2) is 4.98 Å². The van der Waals surface area contributed by atoms with Crippen LogP contribution in [0.5, 0.6) is 0 Å². The van der Waals surface area contributed by atoms with Gasteiger partial charge >= 0.3 is 0 Å². The molecule has 0 radical (unpaired) electrons. The molecule has 0 saturated carbocycles. The van der Waals surface area contributed by atoms with E-state index in [1.807, 2.05) is 19.1 Å². The lowest BCUT2D eigenvalue weighted by atomic mass is 10.3. The van der Waals surface area contributed by atoms with Crippen molar-refractivity contribution in [3.63, 3.8) is 0 Å². The van der Waals surface area contributed by atoms with Crippen LogP contribution < -0.4 is 5.32 Å². The fourth-order valence-electron chi connectivity index (χ4n) is 0.867. The molecule has 0 aliphatic heterocycles. The number of nitriles is 2. The van der Waals surface area contributed by atoms with Crippen LogP contribution in [0, 0.1) is 29.6 Å². The number of hydrogen-bond donors (Lipinski definition) is 1. The van der Waals surface area contributed by atoms with Gasteiger partial charge in [-0.05, 0) is 18.6 Å². The number of nitrogens with one attached hydrogen (secondary N) is 1. The van der Waals surface area contributed by atoms with Crippen molar-refractivity contribution in [2.24, 2.45) is 0 Å². The molecule has 1 rings (SSSR count). The lowest BCUT2D eigenvalue weighted by molar-refractivity contribution is 1.25. The molecule has 0 atom stereocenters. The van der Waals surface area contributed by atoms with E-state index in [2.05, 4.69) is 10.3 Å². The van der Waals surface area contributed by atoms with Crippen LogP contribution >= 0.6 is 0 Å². The van der Waals surface area contributed by atoms with Crippen molar-refractivity contribution in [2.45, 2.75) is 6.92 Å². The summed E-state index contributed by atoms with van der Waals surface area (Å²) in [4.78, 5) is 4.04. The van der Waals surface area contributed by atoms with Gasteiger partial charge in [0.15, 0.2) is 0 Å². The Morgan fingerprint density at radius 3 is 2.79 bits per heavy atom. The van der Waals surface area contributed by atoms with E-state index in [0.29, 0.717) is 5.82 Å². The summed E-state index contributed by atoms with van der Waals surface area (Å²) in [6, 6.07) is 7.21. The topological polar surface area (TPSA) is 72.5 Å². The summed E-state index contributed by atoms with van der Waals surface area (Å²) in [5.41, 5.74) is 0.981. The Labute approximate surface area is 82.1 Å². The summed E-state index contributed by atoms with van der Waals surface area (Å²) in [5.74, 6) is 0.649. The molecule has 68 valence electrons. The summed E-state index contributed by atoms with van der Waals surface area (Å²) in [6.45, 7) is 1.89. The van der Waals surface area contributed by atoms with Crippen molar-refractivity contribution in [1.29, 1.82) is 10.5 Å². The fraction of sp³-hybridized carbons (Fsp3) is 0.100. The van der Waals surface area contributed by atoms with E-state index in [4.69, 9.17) is 10.5 Å². The van der Waals surface area contributed by atoms with Gasteiger partial charge in [0.1, 0.15) is 23.5 Å². The highest BCUT2D eigenvalue weighted by Crippen LogP contribution is 2.09. The quantitative estimate of drug-likeness (QED) is 0.710. The summed E-state index contributed by atoms with van der Waals surface area (Å²) in [7, 11) is 0. The molecule has 14 heavy (non-hydrogen) atoms. The van der Waals surface area contributed by atoms with Gasteiger partial charge < -0.3 is 5.32 Å². The zero-order valence-corrected chi connectivity index (χ0v) is 7.65. The van der Waals surface area contributed by atoms with Crippen LogP contribution in [0.1, 0.15) is 5.56 Å². The average molecular weight is 184 g/mol. The molecule has 0 saturated heterocycles. The van der Waals surface area contributed by atoms with Crippen molar-refractivity contribution in [1.82, 2.24) is 4.98 Å². The Kier molecular flexibility index (Phi) is 3.23. The van der Waals surface area contributed by atoms with E-state index in [1.165, 1.54) is 6.20 Å². The van der Waals surface area contributed by atoms with Gasteiger partial charge in [-0.2, -0.15) is 10.5 Å². The van der Waals surface area contributed by atoms with Crippen LogP contribution in [0.15, 0.2) is 30.1 Å². The smallest absolute Gasteiger partial charge is 0.145 e. The molecule has 1 aromatic heterocycles. The first kappa shape index (κ1) is 9.76. The van der Waals surface area contributed by atoms with E-state index in [9.17, 15) is 0 Å². The van der Waals surface area contributed by atoms with Crippen LogP contribution in [0.4, 0.5) is 5.82 Å². The van der Waals surface area contributed by atoms with Crippen molar-refractivity contribution < 1.29 is 0 Å². The Hall–Kier alpha value is -2.33. The predicted octanol–water partition coefficient (Wildman–Crippen LogP) is 1.73. The third kappa shape index (κ3) is 2.33. The molecule has 0 unspecified atom stereocenters. The molecule has 0 amide bonds. The van der Waals surface area contributed by atoms with Crippen molar-refractivity contribution in [3.8, 4) is 12.1 Å². The molecule has 4 nitrogen and oxygen atoms in total. The molecule has 1 heterocycles. The number of hydrogen-bond acceptors (Lipinski definition) is 4. The maximum Gasteiger partial charge on any atom is 0.145 e. The summed E-state index contributed by atoms with van der Waals surface area (Å²) in [6.07, 6.45) is 2.98. The first-order chi connectivity index (χ1) is 6.77. The summed E-state index contributed by atoms with van der Waals surface area (Å²) >= 11 is 0. The second kappa shape index (κ2) is 4.64. The predicted molar refractivity (Wildman–Crippen MR) is 51.9 cm³/mol. The minimum atomic E-state index is 0.0232. The van der Waals surface area contributed by atoms with E-state index < -0.39 is 0 Å². The largest absolute Gasteiger partial charge is 0.344 e. The monoisotopic (exact) mass is 184 g/mol. The van der Waals surface area contributed by atoms with E-state index in [-0.39, 0.29) is 5.57 Å². The molecule has 4 heteroatoms. The molecule has 0 fully saturated rings. The number of allylic oxidation sites excluding steroid dienone is 1. The molecular formula is C10H8N4. The van der Waals surface area contributed by atoms with Gasteiger partial charge in [-0.1, -0.05) is 6.07 Å². The molecule has 0 aromatic carbocycles. The fourth-order valence-corrected chi connectivity index (χ4v) is 0.867. The molecular weight excluding hydrogens is 176 g/mol. The van der Waals surface area contributed by atoms with Crippen molar-refractivity contribution in [3.05, 3.63) is 35.7 Å². The number of aromatic nitrogens is 1. The minimum Gasteiger partial charge on any atom is -0.344 e. The van der Waals surface area contributed by atoms with Gasteiger partial charge in [-0.25, -0.2) is 4.98 Å². The van der Waals surface area contributed by atoms with E-state index in [0.717, 1.165) is 5.56 Å². The number of rotatable bonds is 2. The number of pyridine rings is 1. The second-order valence-corrected chi connectivity index (χ2v) is 2.59. The van der Waals surface area contributed by atoms with Gasteiger partial charge in [-0.3, -0.25) is 0 Å². The van der Waals surface area contributed by atoms with Crippen molar-refractivity contribution in [2.75, 3.05) is 5.32 Å². The van der Waals surface area contributed by atoms with E-state index >= 15 is 0 Å². The van der Waals surface area contributed by atoms with Gasteiger partial charge in [0.05, 0.1) is 0 Å². The molecule has 0 spiro atoms. The maximum atomic E-state index is 8.47. The third-order valence-corrected chi connectivity index (χ3v) is 1.60. The lowest BCUT2D eigenvalue weighted by Crippen LogP contribution is -1.95. The van der Waals surface area contributed by atoms with E-state index in [1.54, 1.807) is 18.3 Å². The standard InChI is InChI=1S/C10H8N4/c1-8-3-2-4-13-10(8)14-7-9(5-11)6-12/h2-4,7H,1H3,(H,13,14). The normalized spacial score (nSPS) is 8.21. The zero-order chi connectivity index (χ0) is 10.4.